The van der Waals surface area contributed by atoms with Crippen LogP contribution in [0.5, 0.6) is 0 Å². The van der Waals surface area contributed by atoms with Crippen LogP contribution in [0.25, 0.3) is 0 Å². The second kappa shape index (κ2) is 8.91. The van der Waals surface area contributed by atoms with Gasteiger partial charge in [0.05, 0.1) is 10.7 Å². The van der Waals surface area contributed by atoms with E-state index in [1.165, 1.54) is 24.3 Å². The van der Waals surface area contributed by atoms with Gasteiger partial charge in [-0.05, 0) is 17.7 Å². The van der Waals surface area contributed by atoms with Crippen molar-refractivity contribution in [1.82, 2.24) is 15.2 Å². The van der Waals surface area contributed by atoms with Gasteiger partial charge in [0, 0.05) is 24.2 Å². The quantitative estimate of drug-likeness (QED) is 0.355. The molecule has 10 heteroatoms. The Bertz CT molecular complexity index is 1040. The Labute approximate surface area is 163 Å². The largest absolute Gasteiger partial charge is 0.325 e. The van der Waals surface area contributed by atoms with Gasteiger partial charge in [-0.2, -0.15) is 0 Å². The minimum atomic E-state index is -0.516. The third-order valence-electron chi connectivity index (χ3n) is 3.66. The zero-order valence-corrected chi connectivity index (χ0v) is 15.3. The summed E-state index contributed by atoms with van der Waals surface area (Å²) < 4.78 is 0. The lowest BCUT2D eigenvalue weighted by molar-refractivity contribution is -0.384. The molecule has 1 amide bonds. The van der Waals surface area contributed by atoms with Gasteiger partial charge in [-0.25, -0.2) is 0 Å². The Hall–Kier alpha value is -3.53. The molecule has 0 aliphatic heterocycles. The lowest BCUT2D eigenvalue weighted by Crippen LogP contribution is -2.19. The van der Waals surface area contributed by atoms with Crippen molar-refractivity contribution in [3.05, 3.63) is 86.3 Å². The second-order valence-electron chi connectivity index (χ2n) is 5.71. The van der Waals surface area contributed by atoms with Gasteiger partial charge < -0.3 is 5.32 Å². The minimum absolute atomic E-state index is 0.000358. The van der Waals surface area contributed by atoms with E-state index in [1.807, 2.05) is 30.3 Å². The number of nitrogens with one attached hydrogen (secondary N) is 2. The molecule has 0 bridgehead atoms. The number of carbonyl (C=O) groups excluding carboxylic acids is 1. The fourth-order valence-corrected chi connectivity index (χ4v) is 2.92. The number of thioether (sulfide) groups is 1. The first-order valence-corrected chi connectivity index (χ1v) is 9.17. The molecule has 3 aromatic rings. The van der Waals surface area contributed by atoms with E-state index in [0.29, 0.717) is 17.8 Å². The van der Waals surface area contributed by atoms with Crippen molar-refractivity contribution in [1.29, 1.82) is 0 Å². The van der Waals surface area contributed by atoms with Crippen LogP contribution in [0.3, 0.4) is 0 Å². The Morgan fingerprint density at radius 3 is 2.46 bits per heavy atom. The van der Waals surface area contributed by atoms with Gasteiger partial charge in [-0.15, -0.1) is 10.2 Å². The number of non-ortho nitro benzene ring substituents is 1. The first kappa shape index (κ1) is 19.2. The summed E-state index contributed by atoms with van der Waals surface area (Å²) in [6.45, 7) is 0. The summed E-state index contributed by atoms with van der Waals surface area (Å²) in [5.74, 6) is -0.338. The van der Waals surface area contributed by atoms with E-state index in [9.17, 15) is 19.7 Å². The van der Waals surface area contributed by atoms with E-state index in [-0.39, 0.29) is 28.1 Å². The smallest absolute Gasteiger partial charge is 0.273 e. The number of aromatic amines is 1. The average molecular weight is 397 g/mol. The van der Waals surface area contributed by atoms with Crippen LogP contribution in [0, 0.1) is 10.1 Å². The van der Waals surface area contributed by atoms with Crippen molar-refractivity contribution in [3.8, 4) is 0 Å². The maximum atomic E-state index is 12.1. The molecule has 0 aliphatic carbocycles. The molecule has 0 radical (unpaired) electrons. The number of nitrogens with zero attached hydrogens (tertiary/aromatic N) is 3. The number of benzene rings is 2. The summed E-state index contributed by atoms with van der Waals surface area (Å²) in [6, 6.07) is 14.9. The summed E-state index contributed by atoms with van der Waals surface area (Å²) in [6.07, 6.45) is 0.370. The highest BCUT2D eigenvalue weighted by Crippen LogP contribution is 2.16. The highest BCUT2D eigenvalue weighted by atomic mass is 32.2. The lowest BCUT2D eigenvalue weighted by atomic mass is 10.1. The fourth-order valence-electron chi connectivity index (χ4n) is 2.31. The molecule has 28 heavy (non-hydrogen) atoms. The molecule has 9 nitrogen and oxygen atoms in total. The van der Waals surface area contributed by atoms with Crippen LogP contribution in [0.4, 0.5) is 11.4 Å². The van der Waals surface area contributed by atoms with Crippen LogP contribution in [-0.4, -0.2) is 31.8 Å². The number of hydrogen-bond donors (Lipinski definition) is 2. The number of anilines is 1. The minimum Gasteiger partial charge on any atom is -0.325 e. The molecule has 3 rings (SSSR count). The van der Waals surface area contributed by atoms with Crippen molar-refractivity contribution in [3.63, 3.8) is 0 Å². The van der Waals surface area contributed by atoms with Crippen LogP contribution in [0.2, 0.25) is 0 Å². The molecule has 0 saturated heterocycles. The van der Waals surface area contributed by atoms with E-state index in [4.69, 9.17) is 0 Å². The van der Waals surface area contributed by atoms with Crippen molar-refractivity contribution >= 4 is 29.0 Å². The van der Waals surface area contributed by atoms with Gasteiger partial charge in [-0.1, -0.05) is 42.1 Å². The molecule has 2 aromatic carbocycles. The van der Waals surface area contributed by atoms with Crippen molar-refractivity contribution in [2.45, 2.75) is 11.6 Å². The van der Waals surface area contributed by atoms with Gasteiger partial charge in [0.2, 0.25) is 5.91 Å². The number of carbonyl (C=O) groups is 1. The highest BCUT2D eigenvalue weighted by molar-refractivity contribution is 7.99. The summed E-state index contributed by atoms with van der Waals surface area (Å²) >= 11 is 1.04. The second-order valence-corrected chi connectivity index (χ2v) is 6.67. The van der Waals surface area contributed by atoms with Gasteiger partial charge in [-0.3, -0.25) is 24.7 Å². The summed E-state index contributed by atoms with van der Waals surface area (Å²) in [5, 5.41) is 21.4. The summed E-state index contributed by atoms with van der Waals surface area (Å²) in [7, 11) is 0. The Kier molecular flexibility index (Phi) is 6.12. The summed E-state index contributed by atoms with van der Waals surface area (Å²) in [5.41, 5.74) is 1.28. The number of rotatable bonds is 7. The first-order valence-electron chi connectivity index (χ1n) is 8.18. The first-order chi connectivity index (χ1) is 13.5. The number of nitro benzene ring substituents is 1. The number of amides is 1. The Morgan fingerprint density at radius 1 is 1.11 bits per heavy atom. The van der Waals surface area contributed by atoms with Crippen molar-refractivity contribution < 1.29 is 9.72 Å². The molecule has 2 N–H and O–H groups in total. The molecular formula is C18H15N5O4S. The van der Waals surface area contributed by atoms with Gasteiger partial charge in [0.1, 0.15) is 5.69 Å². The van der Waals surface area contributed by atoms with E-state index in [1.54, 1.807) is 0 Å². The van der Waals surface area contributed by atoms with Gasteiger partial charge in [0.25, 0.3) is 11.2 Å². The van der Waals surface area contributed by atoms with Crippen LogP contribution in [0.15, 0.2) is 64.5 Å². The zero-order valence-electron chi connectivity index (χ0n) is 14.5. The molecule has 1 aromatic heterocycles. The standard InChI is InChI=1S/C18H15N5O4S/c24-16(19-13-6-8-14(9-7-13)23(26)27)11-28-18-20-17(25)15(21-22-18)10-12-4-2-1-3-5-12/h1-9H,10-11H2,(H,19,24)(H,20,22,25). The topological polar surface area (TPSA) is 131 Å². The van der Waals surface area contributed by atoms with Crippen LogP contribution in [0.1, 0.15) is 11.3 Å². The van der Waals surface area contributed by atoms with E-state index in [0.717, 1.165) is 17.3 Å². The molecule has 0 saturated carbocycles. The Morgan fingerprint density at radius 2 is 1.82 bits per heavy atom. The van der Waals surface area contributed by atoms with E-state index in [2.05, 4.69) is 20.5 Å². The van der Waals surface area contributed by atoms with E-state index < -0.39 is 4.92 Å². The van der Waals surface area contributed by atoms with Crippen LogP contribution < -0.4 is 10.9 Å². The predicted molar refractivity (Wildman–Crippen MR) is 104 cm³/mol. The SMILES string of the molecule is O=C(CSc1nnc(Cc2ccccc2)c(=O)[nH]1)Nc1ccc([N+](=O)[O-])cc1. The number of hydrogen-bond acceptors (Lipinski definition) is 7. The molecule has 0 spiro atoms. The van der Waals surface area contributed by atoms with Gasteiger partial charge in [0.15, 0.2) is 5.16 Å². The van der Waals surface area contributed by atoms with Crippen molar-refractivity contribution in [2.75, 3.05) is 11.1 Å². The molecule has 0 fully saturated rings. The number of aromatic nitrogens is 3. The third kappa shape index (κ3) is 5.24. The molecule has 0 aliphatic rings. The highest BCUT2D eigenvalue weighted by Gasteiger charge is 2.10. The lowest BCUT2D eigenvalue weighted by Gasteiger charge is -2.05. The molecule has 142 valence electrons. The van der Waals surface area contributed by atoms with Crippen molar-refractivity contribution in [2.24, 2.45) is 0 Å². The van der Waals surface area contributed by atoms with Crippen LogP contribution >= 0.6 is 11.8 Å². The third-order valence-corrected chi connectivity index (χ3v) is 4.52. The Balaban J connectivity index is 1.55. The maximum absolute atomic E-state index is 12.1. The number of H-pyrrole nitrogens is 1. The molecular weight excluding hydrogens is 382 g/mol. The molecule has 0 atom stereocenters. The fraction of sp³-hybridized carbons (Fsp3) is 0.111. The predicted octanol–water partition coefficient (Wildman–Crippen LogP) is 2.39. The molecule has 0 unspecified atom stereocenters. The maximum Gasteiger partial charge on any atom is 0.273 e. The number of nitro groups is 1. The normalized spacial score (nSPS) is 10.4. The zero-order chi connectivity index (χ0) is 19.9. The van der Waals surface area contributed by atoms with E-state index >= 15 is 0 Å². The van der Waals surface area contributed by atoms with Gasteiger partial charge >= 0.3 is 0 Å². The van der Waals surface area contributed by atoms with Crippen LogP contribution in [-0.2, 0) is 11.2 Å². The summed E-state index contributed by atoms with van der Waals surface area (Å²) in [4.78, 5) is 36.9. The average Bonchev–Trinajstić information content (AvgIpc) is 2.69. The monoisotopic (exact) mass is 397 g/mol. The molecule has 1 heterocycles.